The Labute approximate surface area is 120 Å². The molecule has 0 saturated carbocycles. The van der Waals surface area contributed by atoms with E-state index in [1.807, 2.05) is 76.2 Å². The zero-order valence-electron chi connectivity index (χ0n) is 14.7. The van der Waals surface area contributed by atoms with E-state index in [1.54, 1.807) is 0 Å². The van der Waals surface area contributed by atoms with Gasteiger partial charge in [0.1, 0.15) is 0 Å². The maximum Gasteiger partial charge on any atom is 0.290 e. The SMILES string of the molecule is C[C](C)C(OC(C)(C)C)(OC(C)(C)C)OC(C)(C)C. The maximum absolute atomic E-state index is 6.16. The van der Waals surface area contributed by atoms with E-state index in [0.29, 0.717) is 0 Å². The maximum atomic E-state index is 6.16. The van der Waals surface area contributed by atoms with Crippen molar-refractivity contribution in [3.05, 3.63) is 5.92 Å². The third-order valence-electron chi connectivity index (χ3n) is 1.93. The Morgan fingerprint density at radius 3 is 0.842 bits per heavy atom. The molecule has 0 N–H and O–H groups in total. The van der Waals surface area contributed by atoms with Gasteiger partial charge in [0.25, 0.3) is 5.97 Å². The lowest BCUT2D eigenvalue weighted by atomic mass is 10.1. The molecule has 0 aromatic heterocycles. The largest absolute Gasteiger partial charge is 0.321 e. The van der Waals surface area contributed by atoms with Crippen molar-refractivity contribution < 1.29 is 14.2 Å². The van der Waals surface area contributed by atoms with E-state index in [9.17, 15) is 0 Å². The summed E-state index contributed by atoms with van der Waals surface area (Å²) in [6.07, 6.45) is 0. The van der Waals surface area contributed by atoms with E-state index >= 15 is 0 Å². The van der Waals surface area contributed by atoms with E-state index in [4.69, 9.17) is 14.2 Å². The van der Waals surface area contributed by atoms with E-state index in [-0.39, 0.29) is 16.8 Å². The summed E-state index contributed by atoms with van der Waals surface area (Å²) >= 11 is 0. The van der Waals surface area contributed by atoms with Crippen LogP contribution < -0.4 is 0 Å². The predicted molar refractivity (Wildman–Crippen MR) is 79.8 cm³/mol. The lowest BCUT2D eigenvalue weighted by Gasteiger charge is -2.47. The molecule has 3 heteroatoms. The fraction of sp³-hybridized carbons (Fsp3) is 0.938. The lowest BCUT2D eigenvalue weighted by Crippen LogP contribution is -2.54. The van der Waals surface area contributed by atoms with Crippen molar-refractivity contribution in [1.82, 2.24) is 0 Å². The highest BCUT2D eigenvalue weighted by atomic mass is 16.9. The van der Waals surface area contributed by atoms with Crippen molar-refractivity contribution in [3.8, 4) is 0 Å². The van der Waals surface area contributed by atoms with Crippen LogP contribution in [0.1, 0.15) is 76.2 Å². The molecule has 115 valence electrons. The Kier molecular flexibility index (Phi) is 5.67. The average molecular weight is 273 g/mol. The summed E-state index contributed by atoms with van der Waals surface area (Å²) < 4.78 is 18.5. The predicted octanol–water partition coefficient (Wildman–Crippen LogP) is 4.70. The van der Waals surface area contributed by atoms with Gasteiger partial charge in [-0.3, -0.25) is 0 Å². The van der Waals surface area contributed by atoms with Gasteiger partial charge in [0.15, 0.2) is 0 Å². The van der Waals surface area contributed by atoms with Crippen LogP contribution in [-0.4, -0.2) is 22.8 Å². The second-order valence-electron chi connectivity index (χ2n) is 8.20. The van der Waals surface area contributed by atoms with Crippen molar-refractivity contribution in [2.24, 2.45) is 0 Å². The zero-order chi connectivity index (χ0) is 15.7. The standard InChI is InChI=1S/C16H33O3/c1-12(2)16(17-13(3,4)5,18-14(6,7)8)19-15(9,10)11/h1-11H3. The number of ether oxygens (including phenoxy) is 3. The third kappa shape index (κ3) is 7.91. The van der Waals surface area contributed by atoms with E-state index in [1.165, 1.54) is 0 Å². The molecule has 0 saturated heterocycles. The molecule has 0 fully saturated rings. The highest BCUT2D eigenvalue weighted by molar-refractivity contribution is 4.95. The summed E-state index contributed by atoms with van der Waals surface area (Å²) in [7, 11) is 0. The van der Waals surface area contributed by atoms with Crippen LogP contribution in [0.2, 0.25) is 0 Å². The van der Waals surface area contributed by atoms with Gasteiger partial charge in [-0.25, -0.2) is 0 Å². The second kappa shape index (κ2) is 5.71. The quantitative estimate of drug-likeness (QED) is 0.695. The van der Waals surface area contributed by atoms with Crippen molar-refractivity contribution in [1.29, 1.82) is 0 Å². The molecule has 0 bridgehead atoms. The first-order chi connectivity index (χ1) is 8.06. The Morgan fingerprint density at radius 2 is 0.737 bits per heavy atom. The normalized spacial score (nSPS) is 15.2. The monoisotopic (exact) mass is 273 g/mol. The Hall–Kier alpha value is -0.120. The fourth-order valence-electron chi connectivity index (χ4n) is 1.58. The average Bonchev–Trinajstić information content (AvgIpc) is 1.91. The first-order valence-electron chi connectivity index (χ1n) is 6.97. The summed E-state index contributed by atoms with van der Waals surface area (Å²) in [5.74, 6) is -0.179. The van der Waals surface area contributed by atoms with Gasteiger partial charge in [0.2, 0.25) is 0 Å². The van der Waals surface area contributed by atoms with Gasteiger partial charge in [0.05, 0.1) is 22.7 Å². The van der Waals surface area contributed by atoms with Crippen LogP contribution in [0.4, 0.5) is 0 Å². The molecule has 0 aliphatic heterocycles. The second-order valence-corrected chi connectivity index (χ2v) is 8.20. The van der Waals surface area contributed by atoms with Gasteiger partial charge in [-0.2, -0.15) is 0 Å². The molecule has 0 aliphatic rings. The molecule has 19 heavy (non-hydrogen) atoms. The van der Waals surface area contributed by atoms with Crippen LogP contribution in [0, 0.1) is 5.92 Å². The summed E-state index contributed by atoms with van der Waals surface area (Å²) in [5.41, 5.74) is -1.10. The topological polar surface area (TPSA) is 27.7 Å². The minimum atomic E-state index is -1.13. The van der Waals surface area contributed by atoms with Crippen molar-refractivity contribution >= 4 is 0 Å². The summed E-state index contributed by atoms with van der Waals surface area (Å²) in [4.78, 5) is 0. The molecule has 0 aromatic rings. The summed E-state index contributed by atoms with van der Waals surface area (Å²) in [6.45, 7) is 22.0. The first-order valence-corrected chi connectivity index (χ1v) is 6.97. The summed E-state index contributed by atoms with van der Waals surface area (Å²) in [5, 5.41) is 0. The highest BCUT2D eigenvalue weighted by Crippen LogP contribution is 2.38. The van der Waals surface area contributed by atoms with Crippen LogP contribution in [0.5, 0.6) is 0 Å². The van der Waals surface area contributed by atoms with E-state index in [2.05, 4.69) is 0 Å². The number of hydrogen-bond donors (Lipinski definition) is 0. The minimum Gasteiger partial charge on any atom is -0.321 e. The molecular weight excluding hydrogens is 240 g/mol. The smallest absolute Gasteiger partial charge is 0.290 e. The summed E-state index contributed by atoms with van der Waals surface area (Å²) in [6, 6.07) is 0. The molecule has 0 unspecified atom stereocenters. The molecule has 0 spiro atoms. The Bertz CT molecular complexity index is 233. The highest BCUT2D eigenvalue weighted by Gasteiger charge is 2.47. The molecule has 1 radical (unpaired) electrons. The molecule has 0 atom stereocenters. The molecule has 3 nitrogen and oxygen atoms in total. The lowest BCUT2D eigenvalue weighted by molar-refractivity contribution is -0.436. The van der Waals surface area contributed by atoms with Gasteiger partial charge in [-0.15, -0.1) is 0 Å². The number of hydrogen-bond acceptors (Lipinski definition) is 3. The van der Waals surface area contributed by atoms with Gasteiger partial charge in [0, 0.05) is 0 Å². The van der Waals surface area contributed by atoms with Crippen LogP contribution in [0.25, 0.3) is 0 Å². The van der Waals surface area contributed by atoms with E-state index < -0.39 is 5.97 Å². The van der Waals surface area contributed by atoms with Gasteiger partial charge in [-0.05, 0) is 62.3 Å². The molecular formula is C16H33O3. The molecule has 0 aliphatic carbocycles. The molecule has 0 heterocycles. The molecule has 0 aromatic carbocycles. The van der Waals surface area contributed by atoms with E-state index in [0.717, 1.165) is 5.92 Å². The van der Waals surface area contributed by atoms with Crippen LogP contribution in [0.3, 0.4) is 0 Å². The third-order valence-corrected chi connectivity index (χ3v) is 1.93. The zero-order valence-corrected chi connectivity index (χ0v) is 14.7. The first kappa shape index (κ1) is 18.9. The molecule has 0 amide bonds. The van der Waals surface area contributed by atoms with Crippen molar-refractivity contribution in [2.45, 2.75) is 98.9 Å². The van der Waals surface area contributed by atoms with Crippen LogP contribution in [-0.2, 0) is 14.2 Å². The van der Waals surface area contributed by atoms with Gasteiger partial charge >= 0.3 is 0 Å². The van der Waals surface area contributed by atoms with Crippen molar-refractivity contribution in [3.63, 3.8) is 0 Å². The van der Waals surface area contributed by atoms with Crippen LogP contribution in [0.15, 0.2) is 0 Å². The van der Waals surface area contributed by atoms with Gasteiger partial charge in [-0.1, -0.05) is 13.8 Å². The molecule has 0 rings (SSSR count). The van der Waals surface area contributed by atoms with Crippen LogP contribution >= 0.6 is 0 Å². The number of rotatable bonds is 4. The fourth-order valence-corrected chi connectivity index (χ4v) is 1.58. The Balaban J connectivity index is 5.48. The minimum absolute atomic E-state index is 0.367. The van der Waals surface area contributed by atoms with Gasteiger partial charge < -0.3 is 14.2 Å². The Morgan fingerprint density at radius 1 is 0.526 bits per heavy atom. The van der Waals surface area contributed by atoms with Crippen molar-refractivity contribution in [2.75, 3.05) is 0 Å².